The van der Waals surface area contributed by atoms with Crippen LogP contribution in [0.4, 0.5) is 0 Å². The lowest BCUT2D eigenvalue weighted by Crippen LogP contribution is -2.11. The van der Waals surface area contributed by atoms with Gasteiger partial charge in [-0.25, -0.2) is 14.6 Å². The summed E-state index contributed by atoms with van der Waals surface area (Å²) in [7, 11) is 0. The molecule has 0 bridgehead atoms. The number of aromatic carboxylic acids is 2. The summed E-state index contributed by atoms with van der Waals surface area (Å²) in [5, 5.41) is 24.6. The summed E-state index contributed by atoms with van der Waals surface area (Å²) in [6.07, 6.45) is 0.986. The van der Waals surface area contributed by atoms with E-state index in [0.717, 1.165) is 6.20 Å². The number of aromatic nitrogens is 1. The molecule has 0 aliphatic carbocycles. The Kier molecular flexibility index (Phi) is 7.21. The molecule has 0 aliphatic heterocycles. The van der Waals surface area contributed by atoms with Gasteiger partial charge in [-0.1, -0.05) is 23.2 Å². The van der Waals surface area contributed by atoms with Gasteiger partial charge in [-0.05, 0) is 0 Å². The molecule has 0 fully saturated rings. The van der Waals surface area contributed by atoms with E-state index < -0.39 is 23.2 Å². The summed E-state index contributed by atoms with van der Waals surface area (Å²) >= 11 is 11.0. The van der Waals surface area contributed by atoms with Crippen LogP contribution in [-0.4, -0.2) is 45.4 Å². The van der Waals surface area contributed by atoms with Gasteiger partial charge in [-0.3, -0.25) is 0 Å². The number of aliphatic hydroxyl groups is 1. The predicted octanol–water partition coefficient (Wildman–Crippen LogP) is 0.722. The van der Waals surface area contributed by atoms with E-state index >= 15 is 0 Å². The van der Waals surface area contributed by atoms with E-state index in [1.807, 2.05) is 0 Å². The van der Waals surface area contributed by atoms with Crippen molar-refractivity contribution in [2.24, 2.45) is 5.73 Å². The third kappa shape index (κ3) is 4.46. The SMILES string of the molecule is NCCO.O=C(O)c1ncc(Cl)c(Cl)c1C(=O)O. The van der Waals surface area contributed by atoms with E-state index in [1.54, 1.807) is 0 Å². The molecule has 9 heteroatoms. The molecule has 0 radical (unpaired) electrons. The van der Waals surface area contributed by atoms with Crippen LogP contribution in [0.5, 0.6) is 0 Å². The van der Waals surface area contributed by atoms with Gasteiger partial charge in [0.05, 0.1) is 16.7 Å². The second-order valence-corrected chi connectivity index (χ2v) is 3.55. The molecule has 0 amide bonds. The highest BCUT2D eigenvalue weighted by Gasteiger charge is 2.22. The Hall–Kier alpha value is -1.41. The first-order valence-corrected chi connectivity index (χ1v) is 5.23. The highest BCUT2D eigenvalue weighted by Crippen LogP contribution is 2.26. The number of nitrogens with two attached hydrogens (primary N) is 1. The second-order valence-electron chi connectivity index (χ2n) is 2.77. The Morgan fingerprint density at radius 2 is 1.78 bits per heavy atom. The van der Waals surface area contributed by atoms with Crippen molar-refractivity contribution in [3.8, 4) is 0 Å². The molecule has 100 valence electrons. The first-order valence-electron chi connectivity index (χ1n) is 4.48. The molecule has 1 heterocycles. The molecule has 0 spiro atoms. The molecule has 0 aromatic carbocycles. The number of aliphatic hydroxyl groups excluding tert-OH is 1. The smallest absolute Gasteiger partial charge is 0.355 e. The van der Waals surface area contributed by atoms with E-state index in [1.165, 1.54) is 0 Å². The maximum absolute atomic E-state index is 10.7. The van der Waals surface area contributed by atoms with Gasteiger partial charge in [0.1, 0.15) is 5.56 Å². The van der Waals surface area contributed by atoms with Crippen molar-refractivity contribution in [3.63, 3.8) is 0 Å². The molecule has 1 aromatic heterocycles. The molecule has 1 rings (SSSR count). The minimum atomic E-state index is -1.48. The molecule has 0 unspecified atom stereocenters. The molecule has 0 aliphatic rings. The standard InChI is InChI=1S/C7H3Cl2NO4.C2H7NO/c8-2-1-10-5(7(13)14)3(4(2)9)6(11)12;3-1-2-4/h1H,(H,11,12)(H,13,14);4H,1-3H2. The lowest BCUT2D eigenvalue weighted by Gasteiger charge is -2.03. The van der Waals surface area contributed by atoms with Crippen LogP contribution in [0.2, 0.25) is 10.0 Å². The fourth-order valence-corrected chi connectivity index (χ4v) is 1.19. The van der Waals surface area contributed by atoms with Crippen molar-refractivity contribution in [2.75, 3.05) is 13.2 Å². The minimum absolute atomic E-state index is 0.0972. The van der Waals surface area contributed by atoms with Crippen LogP contribution in [0.1, 0.15) is 20.8 Å². The van der Waals surface area contributed by atoms with Gasteiger partial charge in [-0.15, -0.1) is 0 Å². The van der Waals surface area contributed by atoms with Crippen molar-refractivity contribution in [1.29, 1.82) is 0 Å². The highest BCUT2D eigenvalue weighted by atomic mass is 35.5. The number of hydrogen-bond donors (Lipinski definition) is 4. The number of carboxylic acid groups (broad SMARTS) is 2. The zero-order valence-corrected chi connectivity index (χ0v) is 10.4. The van der Waals surface area contributed by atoms with Gasteiger partial charge in [0.15, 0.2) is 5.69 Å². The van der Waals surface area contributed by atoms with Crippen LogP contribution >= 0.6 is 23.2 Å². The lowest BCUT2D eigenvalue weighted by atomic mass is 10.2. The second kappa shape index (κ2) is 7.83. The van der Waals surface area contributed by atoms with Crippen molar-refractivity contribution in [2.45, 2.75) is 0 Å². The number of nitrogens with zero attached hydrogens (tertiary/aromatic N) is 1. The normalized spacial score (nSPS) is 9.33. The summed E-state index contributed by atoms with van der Waals surface area (Å²) in [4.78, 5) is 24.6. The molecule has 0 saturated carbocycles. The Balaban J connectivity index is 0.000000631. The Labute approximate surface area is 112 Å². The van der Waals surface area contributed by atoms with Crippen LogP contribution < -0.4 is 5.73 Å². The summed E-state index contributed by atoms with van der Waals surface area (Å²) in [5.74, 6) is -2.96. The number of halogens is 2. The molecule has 1 aromatic rings. The Morgan fingerprint density at radius 3 is 2.11 bits per heavy atom. The van der Waals surface area contributed by atoms with Crippen LogP contribution in [-0.2, 0) is 0 Å². The van der Waals surface area contributed by atoms with Gasteiger partial charge in [0, 0.05) is 12.7 Å². The van der Waals surface area contributed by atoms with Crippen molar-refractivity contribution >= 4 is 35.1 Å². The average Bonchev–Trinajstić information content (AvgIpc) is 2.31. The first-order chi connectivity index (χ1) is 8.36. The molecular formula is C9H10Cl2N2O5. The average molecular weight is 297 g/mol. The number of carbonyl (C=O) groups is 2. The van der Waals surface area contributed by atoms with Crippen LogP contribution in [0.15, 0.2) is 6.20 Å². The fraction of sp³-hybridized carbons (Fsp3) is 0.222. The summed E-state index contributed by atoms with van der Waals surface area (Å²) in [6, 6.07) is 0. The Morgan fingerprint density at radius 1 is 1.28 bits per heavy atom. The van der Waals surface area contributed by atoms with E-state index in [2.05, 4.69) is 4.98 Å². The minimum Gasteiger partial charge on any atom is -0.478 e. The molecule has 18 heavy (non-hydrogen) atoms. The molecule has 0 saturated heterocycles. The van der Waals surface area contributed by atoms with Crippen LogP contribution in [0.25, 0.3) is 0 Å². The largest absolute Gasteiger partial charge is 0.478 e. The van der Waals surface area contributed by atoms with Gasteiger partial charge in [-0.2, -0.15) is 0 Å². The highest BCUT2D eigenvalue weighted by molar-refractivity contribution is 6.44. The Bertz CT molecular complexity index is 451. The van der Waals surface area contributed by atoms with Crippen LogP contribution in [0, 0.1) is 0 Å². The van der Waals surface area contributed by atoms with Crippen molar-refractivity contribution < 1.29 is 24.9 Å². The number of rotatable bonds is 3. The van der Waals surface area contributed by atoms with Crippen molar-refractivity contribution in [3.05, 3.63) is 27.5 Å². The van der Waals surface area contributed by atoms with E-state index in [9.17, 15) is 9.59 Å². The predicted molar refractivity (Wildman–Crippen MR) is 64.3 cm³/mol. The maximum Gasteiger partial charge on any atom is 0.355 e. The zero-order chi connectivity index (χ0) is 14.3. The van der Waals surface area contributed by atoms with Gasteiger partial charge in [0.2, 0.25) is 0 Å². The monoisotopic (exact) mass is 296 g/mol. The van der Waals surface area contributed by atoms with Gasteiger partial charge >= 0.3 is 11.9 Å². The summed E-state index contributed by atoms with van der Waals surface area (Å²) in [6.45, 7) is 0.472. The fourth-order valence-electron chi connectivity index (χ4n) is 0.823. The maximum atomic E-state index is 10.7. The van der Waals surface area contributed by atoms with E-state index in [0.29, 0.717) is 6.54 Å². The molecular weight excluding hydrogens is 287 g/mol. The van der Waals surface area contributed by atoms with E-state index in [-0.39, 0.29) is 16.7 Å². The number of pyridine rings is 1. The zero-order valence-electron chi connectivity index (χ0n) is 8.93. The summed E-state index contributed by atoms with van der Waals surface area (Å²) in [5.41, 5.74) is 3.54. The lowest BCUT2D eigenvalue weighted by molar-refractivity contribution is 0.0646. The van der Waals surface area contributed by atoms with Gasteiger partial charge < -0.3 is 21.1 Å². The van der Waals surface area contributed by atoms with Gasteiger partial charge in [0.25, 0.3) is 0 Å². The topological polar surface area (TPSA) is 134 Å². The third-order valence-electron chi connectivity index (χ3n) is 1.52. The van der Waals surface area contributed by atoms with E-state index in [4.69, 9.17) is 44.3 Å². The quantitative estimate of drug-likeness (QED) is 0.645. The van der Waals surface area contributed by atoms with Crippen molar-refractivity contribution in [1.82, 2.24) is 4.98 Å². The van der Waals surface area contributed by atoms with Crippen LogP contribution in [0.3, 0.4) is 0 Å². The number of carboxylic acids is 2. The molecule has 0 atom stereocenters. The third-order valence-corrected chi connectivity index (χ3v) is 2.29. The molecule has 7 nitrogen and oxygen atoms in total. The first kappa shape index (κ1) is 16.6. The number of hydrogen-bond acceptors (Lipinski definition) is 5. The molecule has 5 N–H and O–H groups in total. The summed E-state index contributed by atoms with van der Waals surface area (Å²) < 4.78 is 0.